The van der Waals surface area contributed by atoms with Gasteiger partial charge in [0.15, 0.2) is 6.29 Å². The molecule has 55 heavy (non-hydrogen) atoms. The van der Waals surface area contributed by atoms with Crippen LogP contribution in [0, 0.1) is 5.92 Å². The number of ketones is 1. The minimum absolute atomic E-state index is 0.107. The Morgan fingerprint density at radius 1 is 0.891 bits per heavy atom. The van der Waals surface area contributed by atoms with Gasteiger partial charge in [0.05, 0.1) is 6.04 Å². The van der Waals surface area contributed by atoms with E-state index < -0.39 is 67.0 Å². The molecule has 16 heteroatoms. The molecule has 1 aliphatic heterocycles. The van der Waals surface area contributed by atoms with Crippen LogP contribution in [0.2, 0.25) is 0 Å². The molecule has 0 spiro atoms. The van der Waals surface area contributed by atoms with Crippen molar-refractivity contribution in [1.82, 2.24) is 10.6 Å². The molecule has 0 aromatic heterocycles. The van der Waals surface area contributed by atoms with Gasteiger partial charge in [-0.2, -0.15) is 0 Å². The molecule has 0 bridgehead atoms. The molecule has 1 fully saturated rings. The van der Waals surface area contributed by atoms with Crippen LogP contribution >= 0.6 is 0 Å². The predicted octanol–water partition coefficient (Wildman–Crippen LogP) is 5.45. The molecule has 0 aliphatic carbocycles. The van der Waals surface area contributed by atoms with E-state index in [0.717, 1.165) is 6.42 Å². The molecule has 1 aliphatic rings. The zero-order valence-electron chi connectivity index (χ0n) is 32.6. The van der Waals surface area contributed by atoms with Crippen LogP contribution in [-0.4, -0.2) is 79.2 Å². The van der Waals surface area contributed by atoms with E-state index in [4.69, 9.17) is 24.5 Å². The number of carbonyl (C=O) groups excluding carboxylic acids is 6. The van der Waals surface area contributed by atoms with Crippen LogP contribution in [0.5, 0.6) is 0 Å². The van der Waals surface area contributed by atoms with Crippen molar-refractivity contribution in [3.8, 4) is 0 Å². The Labute approximate surface area is 322 Å². The zero-order chi connectivity index (χ0) is 40.9. The molecule has 7 atom stereocenters. The Balaban J connectivity index is 0.00000514. The van der Waals surface area contributed by atoms with Crippen molar-refractivity contribution in [2.24, 2.45) is 11.0 Å². The first-order valence-corrected chi connectivity index (χ1v) is 18.4. The molecular formula is C39H54N6O10. The van der Waals surface area contributed by atoms with E-state index in [2.05, 4.69) is 26.0 Å². The number of ether oxygens (including phenoxy) is 4. The van der Waals surface area contributed by atoms with Crippen molar-refractivity contribution >= 4 is 41.1 Å². The molecule has 2 aromatic carbocycles. The van der Waals surface area contributed by atoms with Crippen LogP contribution in [0.1, 0.15) is 97.8 Å². The number of benzene rings is 2. The number of unbranched alkanes of at least 4 members (excludes halogenated alkanes) is 2. The zero-order valence-corrected chi connectivity index (χ0v) is 32.6. The predicted molar refractivity (Wildman–Crippen MR) is 203 cm³/mol. The normalized spacial score (nSPS) is 19.8. The first-order valence-electron chi connectivity index (χ1n) is 18.4. The van der Waals surface area contributed by atoms with Gasteiger partial charge < -0.3 is 39.7 Å². The summed E-state index contributed by atoms with van der Waals surface area (Å²) in [5, 5.41) is 11.7. The van der Waals surface area contributed by atoms with Crippen LogP contribution in [0.3, 0.4) is 0 Å². The maximum atomic E-state index is 13.2. The molecule has 3 N–H and O–H groups in total. The number of anilines is 1. The highest BCUT2D eigenvalue weighted by molar-refractivity contribution is 5.97. The van der Waals surface area contributed by atoms with Gasteiger partial charge in [-0.05, 0) is 48.6 Å². The van der Waals surface area contributed by atoms with Crippen molar-refractivity contribution in [2.75, 3.05) is 18.5 Å². The molecule has 1 saturated heterocycles. The van der Waals surface area contributed by atoms with Gasteiger partial charge in [-0.25, -0.2) is 0 Å². The van der Waals surface area contributed by atoms with Gasteiger partial charge in [-0.3, -0.25) is 24.0 Å². The maximum Gasteiger partial charge on any atom is 0.303 e. The first kappa shape index (κ1) is 45.8. The molecule has 0 radical (unpaired) electrons. The fourth-order valence-corrected chi connectivity index (χ4v) is 5.97. The summed E-state index contributed by atoms with van der Waals surface area (Å²) in [4.78, 5) is 75.6. The lowest BCUT2D eigenvalue weighted by Crippen LogP contribution is -2.62. The summed E-state index contributed by atoms with van der Waals surface area (Å²) in [7, 11) is 0. The number of hydrogen-bond acceptors (Lipinski definition) is 11. The average molecular weight is 767 g/mol. The van der Waals surface area contributed by atoms with E-state index in [1.165, 1.54) is 27.7 Å². The van der Waals surface area contributed by atoms with Gasteiger partial charge in [-0.1, -0.05) is 81.2 Å². The number of nitrogens with one attached hydrogen (secondary N) is 3. The summed E-state index contributed by atoms with van der Waals surface area (Å²) in [5.41, 5.74) is 10.6. The molecule has 7 unspecified atom stereocenters. The van der Waals surface area contributed by atoms with E-state index in [-0.39, 0.29) is 24.2 Å². The van der Waals surface area contributed by atoms with Crippen LogP contribution in [0.4, 0.5) is 5.69 Å². The Morgan fingerprint density at radius 2 is 1.55 bits per heavy atom. The third-order valence-corrected chi connectivity index (χ3v) is 8.48. The maximum absolute atomic E-state index is 13.2. The third kappa shape index (κ3) is 15.9. The number of nitrogens with zero attached hydrogens (tertiary/aromatic N) is 3. The number of esters is 2. The Bertz CT molecular complexity index is 1620. The standard InChI is InChI=1S/C37H48N6O10.C2H6/c1-22(44)12-8-6-11-15-30(40-24(3)45)36(49)41-29-18-16-28(17-19-29)35(27-13-9-7-10-14-27)53-37-33(42-32(48)20-39-43-38)23(2)34(51-26(5)47)31(52-37)21-50-25(4)46;1-2/h7,9-10,13-14,16-19,23,30-31,33-35,37H,6,8,11-12,15,20-21H2,1-5H3,(H,40,45)(H,41,49)(H,42,48);1-2H3. The molecular weight excluding hydrogens is 712 g/mol. The monoisotopic (exact) mass is 766 g/mol. The SMILES string of the molecule is CC.CC(=O)CCCCCC(NC(C)=O)C(=O)Nc1ccc(C(OC2OC(COC(C)=O)C(OC(C)=O)C(C)C2NC(=O)CN=[N+]=[N-])c2ccccc2)cc1. The number of amides is 3. The average Bonchev–Trinajstić information content (AvgIpc) is 3.15. The highest BCUT2D eigenvalue weighted by Gasteiger charge is 2.48. The van der Waals surface area contributed by atoms with Crippen LogP contribution in [0.25, 0.3) is 10.4 Å². The van der Waals surface area contributed by atoms with Gasteiger partial charge >= 0.3 is 11.9 Å². The van der Waals surface area contributed by atoms with Crippen LogP contribution in [0.15, 0.2) is 59.7 Å². The number of carbonyl (C=O) groups is 6. The van der Waals surface area contributed by atoms with Crippen molar-refractivity contribution < 1.29 is 47.7 Å². The van der Waals surface area contributed by atoms with E-state index in [1.54, 1.807) is 31.2 Å². The Kier molecular flexibility index (Phi) is 20.1. The van der Waals surface area contributed by atoms with Gasteiger partial charge in [0, 0.05) is 43.7 Å². The molecule has 1 heterocycles. The number of Topliss-reactive ketones (excluding diaryl/α,β-unsaturated/α-hetero) is 1. The molecule has 3 amide bonds. The second-order valence-corrected chi connectivity index (χ2v) is 12.9. The minimum Gasteiger partial charge on any atom is -0.463 e. The van der Waals surface area contributed by atoms with Crippen molar-refractivity contribution in [1.29, 1.82) is 0 Å². The third-order valence-electron chi connectivity index (χ3n) is 8.48. The van der Waals surface area contributed by atoms with Gasteiger partial charge in [0.2, 0.25) is 17.7 Å². The van der Waals surface area contributed by atoms with Crippen molar-refractivity contribution in [3.05, 3.63) is 76.2 Å². The topological polar surface area (TPSA) is 224 Å². The highest BCUT2D eigenvalue weighted by atomic mass is 16.7. The second kappa shape index (κ2) is 24.2. The molecule has 2 aromatic rings. The van der Waals surface area contributed by atoms with Crippen LogP contribution in [-0.2, 0) is 47.7 Å². The van der Waals surface area contributed by atoms with E-state index >= 15 is 0 Å². The number of hydrogen-bond donors (Lipinski definition) is 3. The van der Waals surface area contributed by atoms with Gasteiger partial charge in [0.25, 0.3) is 0 Å². The lowest BCUT2D eigenvalue weighted by molar-refractivity contribution is -0.271. The Hall–Kier alpha value is -5.31. The molecule has 0 saturated carbocycles. The smallest absolute Gasteiger partial charge is 0.303 e. The summed E-state index contributed by atoms with van der Waals surface area (Å²) in [6, 6.07) is 14.4. The van der Waals surface area contributed by atoms with Gasteiger partial charge in [-0.15, -0.1) is 0 Å². The lowest BCUT2D eigenvalue weighted by Gasteiger charge is -2.45. The van der Waals surface area contributed by atoms with E-state index in [9.17, 15) is 28.8 Å². The first-order chi connectivity index (χ1) is 26.3. The largest absolute Gasteiger partial charge is 0.463 e. The molecule has 16 nitrogen and oxygen atoms in total. The molecule has 3 rings (SSSR count). The lowest BCUT2D eigenvalue weighted by atomic mass is 9.88. The summed E-state index contributed by atoms with van der Waals surface area (Å²) in [5.74, 6) is -3.06. The fraction of sp³-hybridized carbons (Fsp3) is 0.538. The summed E-state index contributed by atoms with van der Waals surface area (Å²) < 4.78 is 23.8. The number of azide groups is 1. The highest BCUT2D eigenvalue weighted by Crippen LogP contribution is 2.35. The van der Waals surface area contributed by atoms with Crippen LogP contribution < -0.4 is 16.0 Å². The van der Waals surface area contributed by atoms with Crippen molar-refractivity contribution in [2.45, 2.75) is 117 Å². The number of rotatable bonds is 19. The van der Waals surface area contributed by atoms with Gasteiger partial charge in [0.1, 0.15) is 43.3 Å². The van der Waals surface area contributed by atoms with E-state index in [0.29, 0.717) is 42.5 Å². The molecule has 300 valence electrons. The fourth-order valence-electron chi connectivity index (χ4n) is 5.97. The second-order valence-electron chi connectivity index (χ2n) is 12.9. The van der Waals surface area contributed by atoms with E-state index in [1.807, 2.05) is 44.2 Å². The minimum atomic E-state index is -1.19. The summed E-state index contributed by atoms with van der Waals surface area (Å²) >= 11 is 0. The summed E-state index contributed by atoms with van der Waals surface area (Å²) in [6.45, 7) is 10.3. The quantitative estimate of drug-likeness (QED) is 0.0539. The Morgan fingerprint density at radius 3 is 2.13 bits per heavy atom. The van der Waals surface area contributed by atoms with Crippen molar-refractivity contribution in [3.63, 3.8) is 0 Å². The summed E-state index contributed by atoms with van der Waals surface area (Å²) in [6.07, 6.45) is -0.912.